The molecule has 6 nitrogen and oxygen atoms in total. The van der Waals surface area contributed by atoms with Crippen molar-refractivity contribution in [1.29, 1.82) is 0 Å². The van der Waals surface area contributed by atoms with Crippen molar-refractivity contribution in [2.45, 2.75) is 38.6 Å². The van der Waals surface area contributed by atoms with E-state index in [0.717, 1.165) is 6.42 Å². The van der Waals surface area contributed by atoms with Crippen LogP contribution in [0.25, 0.3) is 0 Å². The van der Waals surface area contributed by atoms with Gasteiger partial charge in [0.25, 0.3) is 0 Å². The average molecular weight is 274 g/mol. The first-order chi connectivity index (χ1) is 8.28. The lowest BCUT2D eigenvalue weighted by molar-refractivity contribution is 0.417. The molecular weight excluding hydrogens is 252 g/mol. The topological polar surface area (TPSA) is 81.2 Å². The normalized spacial score (nSPS) is 12.6. The quantitative estimate of drug-likeness (QED) is 0.843. The molecule has 0 amide bonds. The van der Waals surface area contributed by atoms with Gasteiger partial charge >= 0.3 is 0 Å². The second-order valence-electron chi connectivity index (χ2n) is 4.82. The molecule has 1 aromatic rings. The smallest absolute Gasteiger partial charge is 0.248 e. The van der Waals surface area contributed by atoms with Gasteiger partial charge < -0.3 is 5.73 Å². The summed E-state index contributed by atoms with van der Waals surface area (Å²) in [4.78, 5) is 0.0964. The first kappa shape index (κ1) is 15.0. The van der Waals surface area contributed by atoms with Crippen LogP contribution in [-0.4, -0.2) is 36.1 Å². The summed E-state index contributed by atoms with van der Waals surface area (Å²) in [5, 5.41) is 4.02. The van der Waals surface area contributed by atoms with Crippen LogP contribution in [-0.2, 0) is 16.6 Å². The van der Waals surface area contributed by atoms with Crippen molar-refractivity contribution in [3.8, 4) is 0 Å². The zero-order valence-electron chi connectivity index (χ0n) is 11.4. The predicted octanol–water partition coefficient (Wildman–Crippen LogP) is 1.15. The third kappa shape index (κ3) is 3.23. The number of aromatic nitrogens is 2. The molecule has 0 unspecified atom stereocenters. The molecule has 0 spiro atoms. The SMILES string of the molecule is CCCn1cc(S(=O)(=O)N(C)CC(C)C)c(N)n1. The number of aryl methyl sites for hydroxylation is 1. The Hall–Kier alpha value is -1.08. The largest absolute Gasteiger partial charge is 0.381 e. The fourth-order valence-electron chi connectivity index (χ4n) is 1.74. The Kier molecular flexibility index (Phi) is 4.75. The molecule has 0 aliphatic heterocycles. The van der Waals surface area contributed by atoms with E-state index in [9.17, 15) is 8.42 Å². The minimum Gasteiger partial charge on any atom is -0.381 e. The molecule has 7 heteroatoms. The molecule has 2 N–H and O–H groups in total. The summed E-state index contributed by atoms with van der Waals surface area (Å²) in [6, 6.07) is 0. The molecule has 1 aromatic heterocycles. The van der Waals surface area contributed by atoms with Gasteiger partial charge in [-0.3, -0.25) is 4.68 Å². The molecule has 18 heavy (non-hydrogen) atoms. The summed E-state index contributed by atoms with van der Waals surface area (Å²) in [6.07, 6.45) is 2.38. The highest BCUT2D eigenvalue weighted by molar-refractivity contribution is 7.89. The molecule has 0 atom stereocenters. The van der Waals surface area contributed by atoms with Crippen molar-refractivity contribution in [1.82, 2.24) is 14.1 Å². The summed E-state index contributed by atoms with van der Waals surface area (Å²) in [7, 11) is -1.98. The van der Waals surface area contributed by atoms with Crippen molar-refractivity contribution < 1.29 is 8.42 Å². The summed E-state index contributed by atoms with van der Waals surface area (Å²) in [6.45, 7) is 7.05. The summed E-state index contributed by atoms with van der Waals surface area (Å²) >= 11 is 0. The Morgan fingerprint density at radius 1 is 1.50 bits per heavy atom. The van der Waals surface area contributed by atoms with E-state index in [1.54, 1.807) is 11.7 Å². The first-order valence-corrected chi connectivity index (χ1v) is 7.52. The highest BCUT2D eigenvalue weighted by atomic mass is 32.2. The number of nitrogens with two attached hydrogens (primary N) is 1. The maximum atomic E-state index is 12.3. The monoisotopic (exact) mass is 274 g/mol. The maximum absolute atomic E-state index is 12.3. The van der Waals surface area contributed by atoms with Gasteiger partial charge in [0.15, 0.2) is 5.82 Å². The van der Waals surface area contributed by atoms with Crippen LogP contribution in [0.5, 0.6) is 0 Å². The molecule has 104 valence electrons. The van der Waals surface area contributed by atoms with E-state index in [0.29, 0.717) is 13.1 Å². The van der Waals surface area contributed by atoms with E-state index < -0.39 is 10.0 Å². The second-order valence-corrected chi connectivity index (χ2v) is 6.83. The highest BCUT2D eigenvalue weighted by Crippen LogP contribution is 2.21. The van der Waals surface area contributed by atoms with E-state index in [1.807, 2.05) is 20.8 Å². The van der Waals surface area contributed by atoms with Crippen LogP contribution in [0.3, 0.4) is 0 Å². The van der Waals surface area contributed by atoms with Gasteiger partial charge in [-0.1, -0.05) is 20.8 Å². The van der Waals surface area contributed by atoms with E-state index >= 15 is 0 Å². The van der Waals surface area contributed by atoms with Gasteiger partial charge in [-0.15, -0.1) is 0 Å². The standard InChI is InChI=1S/C11H22N4O2S/c1-5-6-15-8-10(11(12)13-15)18(16,17)14(4)7-9(2)3/h8-9H,5-7H2,1-4H3,(H2,12,13). The Bertz CT molecular complexity index is 493. The number of sulfonamides is 1. The number of hydrogen-bond donors (Lipinski definition) is 1. The Balaban J connectivity index is 3.04. The molecule has 0 aliphatic rings. The van der Waals surface area contributed by atoms with Crippen LogP contribution >= 0.6 is 0 Å². The molecule has 0 saturated heterocycles. The molecular formula is C11H22N4O2S. The number of hydrogen-bond acceptors (Lipinski definition) is 4. The molecule has 0 aliphatic carbocycles. The molecule has 0 saturated carbocycles. The Morgan fingerprint density at radius 2 is 2.11 bits per heavy atom. The van der Waals surface area contributed by atoms with Crippen LogP contribution in [0, 0.1) is 5.92 Å². The minimum absolute atomic E-state index is 0.0686. The fraction of sp³-hybridized carbons (Fsp3) is 0.727. The second kappa shape index (κ2) is 5.71. The van der Waals surface area contributed by atoms with Gasteiger partial charge in [0.05, 0.1) is 0 Å². The zero-order valence-corrected chi connectivity index (χ0v) is 12.2. The average Bonchev–Trinajstić information content (AvgIpc) is 2.59. The zero-order chi connectivity index (χ0) is 13.9. The highest BCUT2D eigenvalue weighted by Gasteiger charge is 2.26. The third-order valence-corrected chi connectivity index (χ3v) is 4.36. The van der Waals surface area contributed by atoms with E-state index in [-0.39, 0.29) is 16.6 Å². The minimum atomic E-state index is -3.54. The van der Waals surface area contributed by atoms with Gasteiger partial charge in [-0.2, -0.15) is 5.10 Å². The molecule has 1 heterocycles. The lowest BCUT2D eigenvalue weighted by atomic mass is 10.2. The Labute approximate surface area is 109 Å². The van der Waals surface area contributed by atoms with Crippen LogP contribution < -0.4 is 5.73 Å². The molecule has 0 bridgehead atoms. The summed E-state index contributed by atoms with van der Waals surface area (Å²) < 4.78 is 27.5. The third-order valence-electron chi connectivity index (χ3n) is 2.52. The van der Waals surface area contributed by atoms with Crippen molar-refractivity contribution in [3.05, 3.63) is 6.20 Å². The van der Waals surface area contributed by atoms with E-state index in [1.165, 1.54) is 10.5 Å². The number of rotatable bonds is 6. The fourth-order valence-corrected chi connectivity index (χ4v) is 3.13. The van der Waals surface area contributed by atoms with Crippen LogP contribution in [0.2, 0.25) is 0 Å². The molecule has 1 rings (SSSR count). The van der Waals surface area contributed by atoms with Crippen LogP contribution in [0.15, 0.2) is 11.1 Å². The number of anilines is 1. The lowest BCUT2D eigenvalue weighted by Gasteiger charge is -2.18. The molecule has 0 radical (unpaired) electrons. The van der Waals surface area contributed by atoms with Crippen LogP contribution in [0.4, 0.5) is 5.82 Å². The summed E-state index contributed by atoms with van der Waals surface area (Å²) in [5.74, 6) is 0.329. The Morgan fingerprint density at radius 3 is 2.61 bits per heavy atom. The number of nitrogen functional groups attached to an aromatic ring is 1. The molecule has 0 aromatic carbocycles. The summed E-state index contributed by atoms with van der Waals surface area (Å²) in [5.41, 5.74) is 5.69. The maximum Gasteiger partial charge on any atom is 0.248 e. The van der Waals surface area contributed by atoms with E-state index in [4.69, 9.17) is 5.73 Å². The van der Waals surface area contributed by atoms with Crippen molar-refractivity contribution >= 4 is 15.8 Å². The van der Waals surface area contributed by atoms with Gasteiger partial charge in [-0.25, -0.2) is 12.7 Å². The van der Waals surface area contributed by atoms with Crippen molar-refractivity contribution in [2.24, 2.45) is 5.92 Å². The number of nitrogens with zero attached hydrogens (tertiary/aromatic N) is 3. The van der Waals surface area contributed by atoms with Gasteiger partial charge in [0.2, 0.25) is 10.0 Å². The predicted molar refractivity (Wildman–Crippen MR) is 71.6 cm³/mol. The molecule has 0 fully saturated rings. The lowest BCUT2D eigenvalue weighted by Crippen LogP contribution is -2.30. The van der Waals surface area contributed by atoms with Crippen molar-refractivity contribution in [2.75, 3.05) is 19.3 Å². The first-order valence-electron chi connectivity index (χ1n) is 6.08. The van der Waals surface area contributed by atoms with E-state index in [2.05, 4.69) is 5.10 Å². The van der Waals surface area contributed by atoms with Gasteiger partial charge in [-0.05, 0) is 12.3 Å². The van der Waals surface area contributed by atoms with Crippen LogP contribution in [0.1, 0.15) is 27.2 Å². The van der Waals surface area contributed by atoms with Gasteiger partial charge in [0.1, 0.15) is 4.90 Å². The van der Waals surface area contributed by atoms with Crippen molar-refractivity contribution in [3.63, 3.8) is 0 Å². The van der Waals surface area contributed by atoms with Gasteiger partial charge in [0, 0.05) is 26.3 Å².